The van der Waals surface area contributed by atoms with Gasteiger partial charge in [0, 0.05) is 25.6 Å². The molecule has 126 valence electrons. The second kappa shape index (κ2) is 7.95. The topological polar surface area (TPSA) is 69.6 Å². The van der Waals surface area contributed by atoms with Crippen molar-refractivity contribution in [3.8, 4) is 0 Å². The summed E-state index contributed by atoms with van der Waals surface area (Å²) >= 11 is 0. The van der Waals surface area contributed by atoms with E-state index in [9.17, 15) is 14.7 Å². The van der Waals surface area contributed by atoms with Crippen LogP contribution in [0.5, 0.6) is 0 Å². The quantitative estimate of drug-likeness (QED) is 0.816. The highest BCUT2D eigenvalue weighted by atomic mass is 16.3. The fraction of sp³-hybridized carbons (Fsp3) is 0.882. The summed E-state index contributed by atoms with van der Waals surface area (Å²) in [5.41, 5.74) is -0.826. The van der Waals surface area contributed by atoms with Gasteiger partial charge >= 0.3 is 0 Å². The number of nitrogens with zero attached hydrogens (tertiary/aromatic N) is 1. The zero-order valence-electron chi connectivity index (χ0n) is 13.8. The number of aliphatic hydroxyl groups is 1. The van der Waals surface area contributed by atoms with Gasteiger partial charge in [-0.15, -0.1) is 0 Å². The molecule has 2 aliphatic rings. The Bertz CT molecular complexity index is 391. The predicted octanol–water partition coefficient (Wildman–Crippen LogP) is 1.98. The van der Waals surface area contributed by atoms with Crippen molar-refractivity contribution in [2.75, 3.05) is 13.1 Å². The van der Waals surface area contributed by atoms with Crippen LogP contribution in [0, 0.1) is 0 Å². The van der Waals surface area contributed by atoms with Gasteiger partial charge in [-0.25, -0.2) is 0 Å². The van der Waals surface area contributed by atoms with Crippen LogP contribution in [0.2, 0.25) is 0 Å². The summed E-state index contributed by atoms with van der Waals surface area (Å²) in [6, 6.07) is 0.319. The Balaban J connectivity index is 1.67. The molecule has 0 aromatic rings. The minimum Gasteiger partial charge on any atom is -0.389 e. The van der Waals surface area contributed by atoms with Crippen LogP contribution in [0.25, 0.3) is 0 Å². The van der Waals surface area contributed by atoms with E-state index < -0.39 is 5.60 Å². The van der Waals surface area contributed by atoms with E-state index in [-0.39, 0.29) is 18.2 Å². The molecule has 0 aromatic carbocycles. The lowest BCUT2D eigenvalue weighted by Gasteiger charge is -2.33. The van der Waals surface area contributed by atoms with Crippen molar-refractivity contribution in [3.05, 3.63) is 0 Å². The minimum absolute atomic E-state index is 0.129. The zero-order chi connectivity index (χ0) is 16.0. The number of rotatable bonds is 5. The molecule has 2 amide bonds. The molecule has 1 saturated heterocycles. The largest absolute Gasteiger partial charge is 0.389 e. The fourth-order valence-electron chi connectivity index (χ4n) is 3.67. The van der Waals surface area contributed by atoms with E-state index >= 15 is 0 Å². The molecule has 0 bridgehead atoms. The highest BCUT2D eigenvalue weighted by Crippen LogP contribution is 2.30. The zero-order valence-corrected chi connectivity index (χ0v) is 13.8. The van der Waals surface area contributed by atoms with Gasteiger partial charge in [-0.05, 0) is 39.0 Å². The van der Waals surface area contributed by atoms with Crippen LogP contribution in [0.3, 0.4) is 0 Å². The van der Waals surface area contributed by atoms with Gasteiger partial charge < -0.3 is 15.3 Å². The molecule has 1 atom stereocenters. The summed E-state index contributed by atoms with van der Waals surface area (Å²) in [4.78, 5) is 26.0. The van der Waals surface area contributed by atoms with Gasteiger partial charge in [-0.1, -0.05) is 19.3 Å². The fourth-order valence-corrected chi connectivity index (χ4v) is 3.67. The van der Waals surface area contributed by atoms with E-state index in [1.54, 1.807) is 0 Å². The molecule has 22 heavy (non-hydrogen) atoms. The first-order valence-electron chi connectivity index (χ1n) is 8.79. The van der Waals surface area contributed by atoms with E-state index in [4.69, 9.17) is 0 Å². The molecule has 2 N–H and O–H groups in total. The molecule has 1 heterocycles. The molecule has 5 heteroatoms. The maximum atomic E-state index is 12.2. The molecule has 1 aliphatic heterocycles. The van der Waals surface area contributed by atoms with E-state index in [1.165, 1.54) is 6.42 Å². The van der Waals surface area contributed by atoms with Crippen LogP contribution in [-0.2, 0) is 9.59 Å². The first-order chi connectivity index (χ1) is 10.5. The Labute approximate surface area is 133 Å². The molecule has 0 unspecified atom stereocenters. The number of likely N-dealkylation sites (tertiary alicyclic amines) is 1. The van der Waals surface area contributed by atoms with Crippen molar-refractivity contribution in [1.82, 2.24) is 10.2 Å². The summed E-state index contributed by atoms with van der Waals surface area (Å²) < 4.78 is 0. The number of hydrogen-bond acceptors (Lipinski definition) is 3. The lowest BCUT2D eigenvalue weighted by atomic mass is 9.82. The van der Waals surface area contributed by atoms with Crippen LogP contribution >= 0.6 is 0 Å². The first-order valence-corrected chi connectivity index (χ1v) is 8.79. The SMILES string of the molecule is C[C@@H]1CCCCN1C(=O)CCNC(=O)CC1(O)CCCCC1. The third-order valence-corrected chi connectivity index (χ3v) is 5.06. The average Bonchev–Trinajstić information content (AvgIpc) is 2.47. The number of carbonyl (C=O) groups excluding carboxylic acids is 2. The predicted molar refractivity (Wildman–Crippen MR) is 85.3 cm³/mol. The van der Waals surface area contributed by atoms with Crippen molar-refractivity contribution < 1.29 is 14.7 Å². The second-order valence-corrected chi connectivity index (χ2v) is 6.99. The number of amides is 2. The van der Waals surface area contributed by atoms with Crippen molar-refractivity contribution in [1.29, 1.82) is 0 Å². The van der Waals surface area contributed by atoms with Crippen LogP contribution in [0.4, 0.5) is 0 Å². The second-order valence-electron chi connectivity index (χ2n) is 6.99. The minimum atomic E-state index is -0.826. The van der Waals surface area contributed by atoms with Gasteiger partial charge in [0.25, 0.3) is 0 Å². The molecule has 0 radical (unpaired) electrons. The maximum Gasteiger partial charge on any atom is 0.224 e. The normalized spacial score (nSPS) is 24.8. The molecule has 1 aliphatic carbocycles. The Morgan fingerprint density at radius 3 is 2.59 bits per heavy atom. The van der Waals surface area contributed by atoms with Gasteiger partial charge in [-0.2, -0.15) is 0 Å². The molecular weight excluding hydrogens is 280 g/mol. The smallest absolute Gasteiger partial charge is 0.224 e. The molecule has 1 saturated carbocycles. The van der Waals surface area contributed by atoms with Crippen molar-refractivity contribution in [2.45, 2.75) is 82.8 Å². The summed E-state index contributed by atoms with van der Waals surface area (Å²) in [7, 11) is 0. The molecule has 0 aromatic heterocycles. The molecule has 2 rings (SSSR count). The van der Waals surface area contributed by atoms with Crippen LogP contribution in [0.1, 0.15) is 71.1 Å². The molecule has 5 nitrogen and oxygen atoms in total. The van der Waals surface area contributed by atoms with E-state index in [2.05, 4.69) is 12.2 Å². The van der Waals surface area contributed by atoms with Gasteiger partial charge in [0.15, 0.2) is 0 Å². The number of hydrogen-bond donors (Lipinski definition) is 2. The van der Waals surface area contributed by atoms with Crippen LogP contribution in [0.15, 0.2) is 0 Å². The van der Waals surface area contributed by atoms with Crippen LogP contribution in [-0.4, -0.2) is 46.6 Å². The first kappa shape index (κ1) is 17.3. The van der Waals surface area contributed by atoms with Gasteiger partial charge in [0.05, 0.1) is 12.0 Å². The van der Waals surface area contributed by atoms with Gasteiger partial charge in [0.1, 0.15) is 0 Å². The Morgan fingerprint density at radius 2 is 1.91 bits per heavy atom. The van der Waals surface area contributed by atoms with Crippen molar-refractivity contribution in [2.24, 2.45) is 0 Å². The highest BCUT2D eigenvalue weighted by Gasteiger charge is 2.31. The number of nitrogens with one attached hydrogen (secondary N) is 1. The van der Waals surface area contributed by atoms with E-state index in [0.717, 1.165) is 38.6 Å². The van der Waals surface area contributed by atoms with Gasteiger partial charge in [-0.3, -0.25) is 9.59 Å². The molecule has 0 spiro atoms. The van der Waals surface area contributed by atoms with Gasteiger partial charge in [0.2, 0.25) is 11.8 Å². The number of carbonyl (C=O) groups is 2. The maximum absolute atomic E-state index is 12.2. The van der Waals surface area contributed by atoms with Crippen molar-refractivity contribution in [3.63, 3.8) is 0 Å². The molecule has 2 fully saturated rings. The van der Waals surface area contributed by atoms with Crippen LogP contribution < -0.4 is 5.32 Å². The third kappa shape index (κ3) is 4.97. The van der Waals surface area contributed by atoms with E-state index in [0.29, 0.717) is 31.8 Å². The molecular formula is C17H30N2O3. The Morgan fingerprint density at radius 1 is 1.18 bits per heavy atom. The Kier molecular flexibility index (Phi) is 6.24. The summed E-state index contributed by atoms with van der Waals surface area (Å²) in [5.74, 6) is -0.00669. The summed E-state index contributed by atoms with van der Waals surface area (Å²) in [6.07, 6.45) is 8.43. The standard InChI is InChI=1S/C17H30N2O3/c1-14-7-3-6-12-19(14)16(21)8-11-18-15(20)13-17(22)9-4-2-5-10-17/h14,22H,2-13H2,1H3,(H,18,20)/t14-/m1/s1. The third-order valence-electron chi connectivity index (χ3n) is 5.06. The lowest BCUT2D eigenvalue weighted by molar-refractivity contribution is -0.134. The lowest BCUT2D eigenvalue weighted by Crippen LogP contribution is -2.43. The highest BCUT2D eigenvalue weighted by molar-refractivity contribution is 5.79. The van der Waals surface area contributed by atoms with Crippen molar-refractivity contribution >= 4 is 11.8 Å². The average molecular weight is 310 g/mol. The summed E-state index contributed by atoms with van der Waals surface area (Å²) in [6.45, 7) is 3.30. The monoisotopic (exact) mass is 310 g/mol. The Hall–Kier alpha value is -1.10. The number of piperidine rings is 1. The van der Waals surface area contributed by atoms with E-state index in [1.807, 2.05) is 4.90 Å². The summed E-state index contributed by atoms with van der Waals surface area (Å²) in [5, 5.41) is 13.1.